The molecular weight excluding hydrogens is 182 g/mol. The summed E-state index contributed by atoms with van der Waals surface area (Å²) in [6.07, 6.45) is -0.0401. The molecule has 0 aliphatic carbocycles. The zero-order chi connectivity index (χ0) is 10.1. The summed E-state index contributed by atoms with van der Waals surface area (Å²) in [6.45, 7) is -0.522. The Kier molecular flexibility index (Phi) is 2.49. The molecule has 2 N–H and O–H groups in total. The number of nitrogens with two attached hydrogens (primary N) is 1. The summed E-state index contributed by atoms with van der Waals surface area (Å²) in [4.78, 5) is 22.1. The second kappa shape index (κ2) is 3.27. The third kappa shape index (κ3) is 2.37. The van der Waals surface area contributed by atoms with Crippen molar-refractivity contribution in [3.8, 4) is 0 Å². The van der Waals surface area contributed by atoms with Crippen molar-refractivity contribution in [2.24, 2.45) is 5.73 Å². The number of nitrogens with zero attached hydrogens (tertiary/aromatic N) is 1. The highest BCUT2D eigenvalue weighted by Gasteiger charge is 2.38. The van der Waals surface area contributed by atoms with Crippen LogP contribution in [0.1, 0.15) is 12.8 Å². The van der Waals surface area contributed by atoms with Gasteiger partial charge in [-0.2, -0.15) is 0 Å². The predicted octanol–water partition coefficient (Wildman–Crippen LogP) is -0.271. The molecule has 0 aromatic heterocycles. The van der Waals surface area contributed by atoms with Crippen LogP contribution >= 0.6 is 0 Å². The summed E-state index contributed by atoms with van der Waals surface area (Å²) in [6, 6.07) is 0. The van der Waals surface area contributed by atoms with E-state index in [9.17, 15) is 18.4 Å². The first-order valence-corrected chi connectivity index (χ1v) is 3.89. The van der Waals surface area contributed by atoms with Gasteiger partial charge in [-0.05, 0) is 6.42 Å². The number of primary amides is 1. The van der Waals surface area contributed by atoms with Crippen LogP contribution in [-0.2, 0) is 9.59 Å². The Morgan fingerprint density at radius 3 is 2.46 bits per heavy atom. The average Bonchev–Trinajstić information content (AvgIpc) is 2.01. The number of likely N-dealkylation sites (tertiary alicyclic amines) is 1. The van der Waals surface area contributed by atoms with Crippen LogP contribution in [0.5, 0.6) is 0 Å². The van der Waals surface area contributed by atoms with Gasteiger partial charge < -0.3 is 10.6 Å². The smallest absolute Gasteiger partial charge is 0.311 e. The van der Waals surface area contributed by atoms with Crippen molar-refractivity contribution < 1.29 is 18.4 Å². The van der Waals surface area contributed by atoms with Gasteiger partial charge in [0.2, 0.25) is 0 Å². The molecule has 0 atom stereocenters. The summed E-state index contributed by atoms with van der Waals surface area (Å²) < 4.78 is 25.5. The molecule has 13 heavy (non-hydrogen) atoms. The molecular formula is C7H10F2N2O2. The summed E-state index contributed by atoms with van der Waals surface area (Å²) in [5, 5.41) is 0. The summed E-state index contributed by atoms with van der Waals surface area (Å²) >= 11 is 0. The van der Waals surface area contributed by atoms with Crippen LogP contribution in [0.25, 0.3) is 0 Å². The molecule has 1 heterocycles. The molecule has 6 heteroatoms. The number of amides is 2. The lowest BCUT2D eigenvalue weighted by Crippen LogP contribution is -2.49. The fraction of sp³-hybridized carbons (Fsp3) is 0.714. The van der Waals surface area contributed by atoms with E-state index in [1.54, 1.807) is 0 Å². The summed E-state index contributed by atoms with van der Waals surface area (Å²) in [5.41, 5.74) is 4.68. The maximum absolute atomic E-state index is 12.7. The maximum atomic E-state index is 12.7. The Morgan fingerprint density at radius 2 is 2.00 bits per heavy atom. The molecule has 0 unspecified atom stereocenters. The van der Waals surface area contributed by atoms with Gasteiger partial charge in [-0.15, -0.1) is 0 Å². The van der Waals surface area contributed by atoms with E-state index in [2.05, 4.69) is 5.73 Å². The molecule has 0 saturated carbocycles. The number of piperidine rings is 1. The highest BCUT2D eigenvalue weighted by Crippen LogP contribution is 2.26. The lowest BCUT2D eigenvalue weighted by Gasteiger charge is -2.31. The molecule has 0 radical (unpaired) electrons. The van der Waals surface area contributed by atoms with Crippen LogP contribution in [0.15, 0.2) is 0 Å². The number of carbonyl (C=O) groups excluding carboxylic acids is 2. The molecule has 0 aromatic rings. The second-order valence-electron chi connectivity index (χ2n) is 3.05. The monoisotopic (exact) mass is 192 g/mol. The van der Waals surface area contributed by atoms with E-state index in [4.69, 9.17) is 0 Å². The third-order valence-electron chi connectivity index (χ3n) is 1.89. The first kappa shape index (κ1) is 9.88. The molecule has 1 aliphatic rings. The Morgan fingerprint density at radius 1 is 1.38 bits per heavy atom. The second-order valence-corrected chi connectivity index (χ2v) is 3.05. The van der Waals surface area contributed by atoms with Crippen LogP contribution in [0.3, 0.4) is 0 Å². The largest absolute Gasteiger partial charge is 0.361 e. The first-order valence-electron chi connectivity index (χ1n) is 3.89. The van der Waals surface area contributed by atoms with Crippen molar-refractivity contribution in [1.29, 1.82) is 0 Å². The van der Waals surface area contributed by atoms with Gasteiger partial charge in [0.05, 0.1) is 6.54 Å². The van der Waals surface area contributed by atoms with Gasteiger partial charge in [0.25, 0.3) is 5.92 Å². The Balaban J connectivity index is 2.62. The van der Waals surface area contributed by atoms with Gasteiger partial charge >= 0.3 is 11.8 Å². The molecule has 0 aromatic carbocycles. The number of rotatable bonds is 0. The zero-order valence-corrected chi connectivity index (χ0v) is 6.93. The minimum absolute atomic E-state index is 0.178. The van der Waals surface area contributed by atoms with Crippen LogP contribution in [0, 0.1) is 0 Å². The predicted molar refractivity (Wildman–Crippen MR) is 40.0 cm³/mol. The number of hydrogen-bond acceptors (Lipinski definition) is 2. The Bertz CT molecular complexity index is 243. The van der Waals surface area contributed by atoms with Crippen molar-refractivity contribution in [2.45, 2.75) is 18.8 Å². The molecule has 0 spiro atoms. The average molecular weight is 192 g/mol. The van der Waals surface area contributed by atoms with Crippen molar-refractivity contribution in [3.63, 3.8) is 0 Å². The maximum Gasteiger partial charge on any atom is 0.311 e. The number of halogens is 2. The van der Waals surface area contributed by atoms with Crippen molar-refractivity contribution in [3.05, 3.63) is 0 Å². The van der Waals surface area contributed by atoms with Crippen LogP contribution in [-0.4, -0.2) is 35.7 Å². The Hall–Kier alpha value is -1.20. The van der Waals surface area contributed by atoms with Crippen LogP contribution in [0.2, 0.25) is 0 Å². The normalized spacial score (nSPS) is 21.2. The molecule has 4 nitrogen and oxygen atoms in total. The summed E-state index contributed by atoms with van der Waals surface area (Å²) in [5.74, 6) is -5.10. The van der Waals surface area contributed by atoms with Gasteiger partial charge in [0.15, 0.2) is 0 Å². The molecule has 0 bridgehead atoms. The highest BCUT2D eigenvalue weighted by molar-refractivity contribution is 6.34. The fourth-order valence-corrected chi connectivity index (χ4v) is 1.30. The van der Waals surface area contributed by atoms with E-state index >= 15 is 0 Å². The number of carbonyl (C=O) groups is 2. The van der Waals surface area contributed by atoms with E-state index < -0.39 is 24.3 Å². The van der Waals surface area contributed by atoms with Crippen molar-refractivity contribution in [1.82, 2.24) is 4.90 Å². The van der Waals surface area contributed by atoms with Gasteiger partial charge in [-0.25, -0.2) is 8.78 Å². The highest BCUT2D eigenvalue weighted by atomic mass is 19.3. The molecule has 1 saturated heterocycles. The molecule has 1 aliphatic heterocycles. The Labute approximate surface area is 73.7 Å². The van der Waals surface area contributed by atoms with Crippen LogP contribution < -0.4 is 5.73 Å². The quantitative estimate of drug-likeness (QED) is 0.537. The minimum atomic E-state index is -2.89. The first-order chi connectivity index (χ1) is 5.92. The molecule has 74 valence electrons. The summed E-state index contributed by atoms with van der Waals surface area (Å²) in [7, 11) is 0. The number of alkyl halides is 2. The van der Waals surface area contributed by atoms with Gasteiger partial charge in [-0.1, -0.05) is 0 Å². The minimum Gasteiger partial charge on any atom is -0.361 e. The lowest BCUT2D eigenvalue weighted by atomic mass is 10.1. The number of hydrogen-bond donors (Lipinski definition) is 1. The van der Waals surface area contributed by atoms with Crippen LogP contribution in [0.4, 0.5) is 8.78 Å². The fourth-order valence-electron chi connectivity index (χ4n) is 1.30. The SMILES string of the molecule is NC(=O)C(=O)N1CCCC(F)(F)C1. The van der Waals surface area contributed by atoms with Gasteiger partial charge in [0, 0.05) is 13.0 Å². The van der Waals surface area contributed by atoms with E-state index in [-0.39, 0.29) is 19.4 Å². The topological polar surface area (TPSA) is 63.4 Å². The standard InChI is InChI=1S/C7H10F2N2O2/c8-7(9)2-1-3-11(4-7)6(13)5(10)12/h1-4H2,(H2,10,12). The van der Waals surface area contributed by atoms with Gasteiger partial charge in [-0.3, -0.25) is 9.59 Å². The van der Waals surface area contributed by atoms with Gasteiger partial charge in [0.1, 0.15) is 0 Å². The van der Waals surface area contributed by atoms with Crippen molar-refractivity contribution in [2.75, 3.05) is 13.1 Å². The van der Waals surface area contributed by atoms with E-state index in [0.717, 1.165) is 4.90 Å². The third-order valence-corrected chi connectivity index (χ3v) is 1.89. The zero-order valence-electron chi connectivity index (χ0n) is 6.93. The van der Waals surface area contributed by atoms with Crippen molar-refractivity contribution >= 4 is 11.8 Å². The van der Waals surface area contributed by atoms with E-state index in [1.807, 2.05) is 0 Å². The molecule has 1 rings (SSSR count). The molecule has 2 amide bonds. The molecule has 1 fully saturated rings. The van der Waals surface area contributed by atoms with E-state index in [0.29, 0.717) is 0 Å². The van der Waals surface area contributed by atoms with E-state index in [1.165, 1.54) is 0 Å². The lowest BCUT2D eigenvalue weighted by molar-refractivity contribution is -0.150.